The van der Waals surface area contributed by atoms with Gasteiger partial charge in [-0.1, -0.05) is 29.3 Å². The minimum absolute atomic E-state index is 0.162. The Hall–Kier alpha value is -3.00. The smallest absolute Gasteiger partial charge is 0.264 e. The van der Waals surface area contributed by atoms with Crippen LogP contribution in [0.25, 0.3) is 12.2 Å². The first kappa shape index (κ1) is 33.5. The number of rotatable bonds is 18. The first-order valence-corrected chi connectivity index (χ1v) is 16.5. The van der Waals surface area contributed by atoms with Gasteiger partial charge in [-0.15, -0.1) is 4.33 Å². The van der Waals surface area contributed by atoms with Crippen LogP contribution in [-0.4, -0.2) is 55.9 Å². The quantitative estimate of drug-likeness (QED) is 0.0716. The fourth-order valence-electron chi connectivity index (χ4n) is 4.64. The molecule has 0 atom stereocenters. The van der Waals surface area contributed by atoms with Crippen molar-refractivity contribution in [1.29, 1.82) is 0 Å². The van der Waals surface area contributed by atoms with Gasteiger partial charge in [0.1, 0.15) is 0 Å². The van der Waals surface area contributed by atoms with Crippen LogP contribution in [-0.2, 0) is 19.5 Å². The summed E-state index contributed by atoms with van der Waals surface area (Å²) in [6.07, 6.45) is 6.08. The molecule has 3 rings (SSSR count). The summed E-state index contributed by atoms with van der Waals surface area (Å²) in [4.78, 5) is 29.9. The summed E-state index contributed by atoms with van der Waals surface area (Å²) in [5.74, 6) is 0.454. The van der Waals surface area contributed by atoms with E-state index in [9.17, 15) is 18.0 Å². The number of hydrogen-bond acceptors (Lipinski definition) is 10. The third-order valence-electron chi connectivity index (χ3n) is 6.94. The molecule has 228 valence electrons. The van der Waals surface area contributed by atoms with E-state index >= 15 is 0 Å². The molecule has 3 aromatic carbocycles. The molecule has 0 aliphatic carbocycles. The lowest BCUT2D eigenvalue weighted by Gasteiger charge is -2.23. The molecule has 0 heterocycles. The Morgan fingerprint density at radius 3 is 1.62 bits per heavy atom. The van der Waals surface area contributed by atoms with Gasteiger partial charge in [0.05, 0.1) is 16.2 Å². The van der Waals surface area contributed by atoms with Crippen molar-refractivity contribution in [3.63, 3.8) is 0 Å². The van der Waals surface area contributed by atoms with E-state index in [1.165, 1.54) is 0 Å². The van der Waals surface area contributed by atoms with Gasteiger partial charge in [0.2, 0.25) is 10.9 Å². The van der Waals surface area contributed by atoms with E-state index in [0.717, 1.165) is 67.0 Å². The highest BCUT2D eigenvalue weighted by Crippen LogP contribution is 2.18. The average Bonchev–Trinajstić information content (AvgIpc) is 2.98. The van der Waals surface area contributed by atoms with Crippen molar-refractivity contribution in [1.82, 2.24) is 0 Å². The zero-order chi connectivity index (χ0) is 30.5. The maximum Gasteiger partial charge on any atom is 0.264 e. The zero-order valence-electron chi connectivity index (χ0n) is 23.9. The first-order chi connectivity index (χ1) is 20.2. The third kappa shape index (κ3) is 10.1. The molecule has 0 aliphatic heterocycles. The summed E-state index contributed by atoms with van der Waals surface area (Å²) < 4.78 is 35.1. The maximum absolute atomic E-state index is 12.8. The minimum atomic E-state index is -3.95. The van der Waals surface area contributed by atoms with Gasteiger partial charge in [-0.05, 0) is 87.1 Å². The zero-order valence-corrected chi connectivity index (χ0v) is 25.5. The van der Waals surface area contributed by atoms with E-state index in [1.54, 1.807) is 12.2 Å². The van der Waals surface area contributed by atoms with Crippen LogP contribution in [0.5, 0.6) is 0 Å². The second-order valence-electron chi connectivity index (χ2n) is 9.78. The topological polar surface area (TPSA) is 134 Å². The van der Waals surface area contributed by atoms with Gasteiger partial charge in [0.15, 0.2) is 0 Å². The van der Waals surface area contributed by atoms with Crippen LogP contribution in [0.2, 0.25) is 0 Å². The summed E-state index contributed by atoms with van der Waals surface area (Å²) >= 11 is 1.05. The van der Waals surface area contributed by atoms with Crippen molar-refractivity contribution >= 4 is 45.7 Å². The van der Waals surface area contributed by atoms with Crippen molar-refractivity contribution in [2.24, 2.45) is 0 Å². The van der Waals surface area contributed by atoms with Crippen molar-refractivity contribution in [2.45, 2.75) is 39.5 Å². The molecule has 10 nitrogen and oxygen atoms in total. The number of benzene rings is 2. The van der Waals surface area contributed by atoms with Crippen LogP contribution in [0, 0.1) is 0 Å². The molecule has 0 unspecified atom stereocenters. The minimum Gasteiger partial charge on any atom is -0.372 e. The fourth-order valence-corrected chi connectivity index (χ4v) is 5.64. The number of hydrogen-bond donors (Lipinski definition) is 2. The molecule has 0 spiro atoms. The van der Waals surface area contributed by atoms with Crippen LogP contribution >= 0.6 is 12.0 Å². The van der Waals surface area contributed by atoms with Gasteiger partial charge in [-0.3, -0.25) is 14.1 Å². The average molecular weight is 619 g/mol. The van der Waals surface area contributed by atoms with Crippen LogP contribution < -0.4 is 31.1 Å². The highest BCUT2D eigenvalue weighted by molar-refractivity contribution is 7.94. The van der Waals surface area contributed by atoms with Crippen LogP contribution in [0.4, 0.5) is 11.4 Å². The van der Waals surface area contributed by atoms with E-state index in [1.807, 2.05) is 55.5 Å². The lowest BCUT2D eigenvalue weighted by molar-refractivity contribution is -0.432. The van der Waals surface area contributed by atoms with E-state index in [4.69, 9.17) is 9.81 Å². The lowest BCUT2D eigenvalue weighted by atomic mass is 10.1. The van der Waals surface area contributed by atoms with Crippen LogP contribution in [0.1, 0.15) is 50.7 Å². The second-order valence-corrected chi connectivity index (χ2v) is 12.1. The SMILES string of the molecule is CCN(CCCCSOOO)c1ccc(C=c2c(=O)c(=Cc3ccc(N(CC)CCCCS(=O)(=O)O)cc3)c2=O)cc1. The van der Waals surface area contributed by atoms with Gasteiger partial charge < -0.3 is 9.80 Å². The Balaban J connectivity index is 1.64. The molecule has 0 aromatic heterocycles. The molecule has 12 heteroatoms. The highest BCUT2D eigenvalue weighted by atomic mass is 32.2. The van der Waals surface area contributed by atoms with Gasteiger partial charge in [0, 0.05) is 55.3 Å². The highest BCUT2D eigenvalue weighted by Gasteiger charge is 2.11. The lowest BCUT2D eigenvalue weighted by Crippen LogP contribution is -2.64. The molecule has 0 saturated heterocycles. The van der Waals surface area contributed by atoms with Gasteiger partial charge >= 0.3 is 0 Å². The molecular weight excluding hydrogens is 580 g/mol. The first-order valence-electron chi connectivity index (χ1n) is 13.9. The molecule has 0 fully saturated rings. The molecule has 0 saturated carbocycles. The maximum atomic E-state index is 12.8. The summed E-state index contributed by atoms with van der Waals surface area (Å²) in [5, 5.41) is 12.1. The van der Waals surface area contributed by atoms with E-state index in [-0.39, 0.29) is 27.0 Å². The molecular formula is C30H38N2O8S2. The van der Waals surface area contributed by atoms with Crippen molar-refractivity contribution < 1.29 is 27.6 Å². The van der Waals surface area contributed by atoms with Gasteiger partial charge in [0.25, 0.3) is 10.1 Å². The normalized spacial score (nSPS) is 11.5. The predicted octanol–water partition coefficient (Wildman–Crippen LogP) is 3.11. The molecule has 0 bridgehead atoms. The molecule has 0 radical (unpaired) electrons. The fraction of sp³-hybridized carbons (Fsp3) is 0.400. The standard InChI is InChI=1S/C30H38N2O8S2/c1-3-31(17-5-7-19-41-40-39-35)25-13-9-23(10-14-25)21-27-29(33)28(30(27)34)22-24-11-15-26(16-12-24)32(4-2)18-6-8-20-42(36,37)38/h9-16,21-22,35H,3-8,17-20H2,1-2H3,(H,36,37,38). The van der Waals surface area contributed by atoms with E-state index < -0.39 is 10.1 Å². The van der Waals surface area contributed by atoms with Crippen molar-refractivity contribution in [2.75, 3.05) is 47.5 Å². The molecule has 0 aliphatic rings. The summed E-state index contributed by atoms with van der Waals surface area (Å²) in [7, 11) is -3.95. The largest absolute Gasteiger partial charge is 0.372 e. The molecule has 42 heavy (non-hydrogen) atoms. The van der Waals surface area contributed by atoms with Gasteiger partial charge in [-0.2, -0.15) is 8.42 Å². The third-order valence-corrected chi connectivity index (χ3v) is 8.36. The number of unbranched alkanes of at least 4 members (excludes halogenated alkanes) is 2. The molecule has 2 N–H and O–H groups in total. The molecule has 3 aromatic rings. The van der Waals surface area contributed by atoms with Gasteiger partial charge in [-0.25, -0.2) is 5.26 Å². The Labute approximate surface area is 250 Å². The van der Waals surface area contributed by atoms with E-state index in [0.29, 0.717) is 25.1 Å². The predicted molar refractivity (Wildman–Crippen MR) is 169 cm³/mol. The van der Waals surface area contributed by atoms with Crippen molar-refractivity contribution in [3.05, 3.63) is 90.5 Å². The summed E-state index contributed by atoms with van der Waals surface area (Å²) in [5.41, 5.74) is 2.98. The second kappa shape index (κ2) is 16.6. The Kier molecular flexibility index (Phi) is 13.2. The Morgan fingerprint density at radius 2 is 1.21 bits per heavy atom. The number of anilines is 2. The Morgan fingerprint density at radius 1 is 0.762 bits per heavy atom. The van der Waals surface area contributed by atoms with E-state index in [2.05, 4.69) is 26.1 Å². The molecule has 0 amide bonds. The monoisotopic (exact) mass is 618 g/mol. The van der Waals surface area contributed by atoms with Crippen LogP contribution in [0.3, 0.4) is 0 Å². The Bertz CT molecular complexity index is 1530. The van der Waals surface area contributed by atoms with Crippen molar-refractivity contribution in [3.8, 4) is 0 Å². The summed E-state index contributed by atoms with van der Waals surface area (Å²) in [6.45, 7) is 7.15. The number of nitrogens with zero attached hydrogens (tertiary/aromatic N) is 2. The van der Waals surface area contributed by atoms with Crippen LogP contribution in [0.15, 0.2) is 58.1 Å². The summed E-state index contributed by atoms with van der Waals surface area (Å²) in [6, 6.07) is 15.3.